The van der Waals surface area contributed by atoms with Crippen LogP contribution in [0, 0.1) is 0 Å². The Morgan fingerprint density at radius 2 is 2.10 bits per heavy atom. The summed E-state index contributed by atoms with van der Waals surface area (Å²) >= 11 is 0. The van der Waals surface area contributed by atoms with Crippen molar-refractivity contribution in [3.05, 3.63) is 35.9 Å². The van der Waals surface area contributed by atoms with E-state index < -0.39 is 0 Å². The zero-order valence-corrected chi connectivity index (χ0v) is 11.8. The lowest BCUT2D eigenvalue weighted by Gasteiger charge is -2.12. The standard InChI is InChI=1S/C15H17N3O3/c1-18-9-11(7-14(18)19)16-15(20)12-8-13(21-17-12)10-5-3-2-4-6-10/h2-6,11,13H,7-9H2,1H3,(H,16,20). The highest BCUT2D eigenvalue weighted by Crippen LogP contribution is 2.27. The largest absolute Gasteiger partial charge is 0.387 e. The molecule has 2 aliphatic heterocycles. The van der Waals surface area contributed by atoms with E-state index >= 15 is 0 Å². The second-order valence-electron chi connectivity index (χ2n) is 5.40. The number of carbonyl (C=O) groups excluding carboxylic acids is 2. The Bertz CT molecular complexity index is 585. The summed E-state index contributed by atoms with van der Waals surface area (Å²) in [7, 11) is 1.73. The number of hydrogen-bond donors (Lipinski definition) is 1. The van der Waals surface area contributed by atoms with Crippen LogP contribution >= 0.6 is 0 Å². The number of carbonyl (C=O) groups is 2. The van der Waals surface area contributed by atoms with Crippen molar-refractivity contribution in [2.75, 3.05) is 13.6 Å². The predicted octanol–water partition coefficient (Wildman–Crippen LogP) is 0.851. The third-order valence-electron chi connectivity index (χ3n) is 3.78. The lowest BCUT2D eigenvalue weighted by atomic mass is 10.0. The van der Waals surface area contributed by atoms with Crippen molar-refractivity contribution < 1.29 is 14.4 Å². The minimum Gasteiger partial charge on any atom is -0.387 e. The molecule has 21 heavy (non-hydrogen) atoms. The smallest absolute Gasteiger partial charge is 0.269 e. The number of benzene rings is 1. The minimum absolute atomic E-state index is 0.0482. The van der Waals surface area contributed by atoms with E-state index in [0.717, 1.165) is 5.56 Å². The molecule has 2 unspecified atom stereocenters. The van der Waals surface area contributed by atoms with Gasteiger partial charge in [-0.25, -0.2) is 0 Å². The summed E-state index contributed by atoms with van der Waals surface area (Å²) in [6.45, 7) is 0.542. The Morgan fingerprint density at radius 1 is 1.33 bits per heavy atom. The van der Waals surface area contributed by atoms with Gasteiger partial charge < -0.3 is 15.1 Å². The fraction of sp³-hybridized carbons (Fsp3) is 0.400. The lowest BCUT2D eigenvalue weighted by Crippen LogP contribution is -2.40. The highest BCUT2D eigenvalue weighted by molar-refractivity contribution is 6.39. The minimum atomic E-state index is -0.249. The third-order valence-corrected chi connectivity index (χ3v) is 3.78. The molecule has 2 heterocycles. The van der Waals surface area contributed by atoms with Crippen LogP contribution in [-0.2, 0) is 14.4 Å². The fourth-order valence-electron chi connectivity index (χ4n) is 2.59. The molecule has 1 N–H and O–H groups in total. The molecular weight excluding hydrogens is 270 g/mol. The zero-order valence-electron chi connectivity index (χ0n) is 11.8. The van der Waals surface area contributed by atoms with Gasteiger partial charge in [-0.05, 0) is 5.56 Å². The van der Waals surface area contributed by atoms with Crippen molar-refractivity contribution in [2.24, 2.45) is 5.16 Å². The van der Waals surface area contributed by atoms with E-state index in [1.807, 2.05) is 30.3 Å². The van der Waals surface area contributed by atoms with Gasteiger partial charge >= 0.3 is 0 Å². The molecule has 1 saturated heterocycles. The summed E-state index contributed by atoms with van der Waals surface area (Å²) < 4.78 is 0. The van der Waals surface area contributed by atoms with Gasteiger partial charge in [0.1, 0.15) is 5.71 Å². The van der Waals surface area contributed by atoms with Crippen LogP contribution in [0.3, 0.4) is 0 Å². The van der Waals surface area contributed by atoms with E-state index in [1.54, 1.807) is 11.9 Å². The van der Waals surface area contributed by atoms with E-state index in [9.17, 15) is 9.59 Å². The zero-order chi connectivity index (χ0) is 14.8. The Labute approximate surface area is 122 Å². The van der Waals surface area contributed by atoms with Gasteiger partial charge in [0.15, 0.2) is 6.10 Å². The summed E-state index contributed by atoms with van der Waals surface area (Å²) in [4.78, 5) is 30.5. The first-order chi connectivity index (χ1) is 10.1. The average Bonchev–Trinajstić information content (AvgIpc) is 3.08. The van der Waals surface area contributed by atoms with Crippen molar-refractivity contribution in [1.82, 2.24) is 10.2 Å². The number of nitrogens with one attached hydrogen (secondary N) is 1. The SMILES string of the molecule is CN1CC(NC(=O)C2=NOC(c3ccccc3)C2)CC1=O. The summed E-state index contributed by atoms with van der Waals surface area (Å²) in [6.07, 6.45) is 0.588. The van der Waals surface area contributed by atoms with Crippen LogP contribution in [0.5, 0.6) is 0 Å². The molecule has 0 saturated carbocycles. The van der Waals surface area contributed by atoms with Crippen LogP contribution in [-0.4, -0.2) is 42.1 Å². The second-order valence-corrected chi connectivity index (χ2v) is 5.40. The molecule has 6 nitrogen and oxygen atoms in total. The first kappa shape index (κ1) is 13.6. The molecule has 110 valence electrons. The highest BCUT2D eigenvalue weighted by Gasteiger charge is 2.32. The molecule has 1 fully saturated rings. The van der Waals surface area contributed by atoms with E-state index in [-0.39, 0.29) is 24.0 Å². The Morgan fingerprint density at radius 3 is 2.76 bits per heavy atom. The molecule has 0 aliphatic carbocycles. The second kappa shape index (κ2) is 5.55. The summed E-state index contributed by atoms with van der Waals surface area (Å²) in [5, 5.41) is 6.72. The maximum Gasteiger partial charge on any atom is 0.269 e. The van der Waals surface area contributed by atoms with Gasteiger partial charge in [0.2, 0.25) is 5.91 Å². The van der Waals surface area contributed by atoms with Crippen LogP contribution < -0.4 is 5.32 Å². The molecule has 0 radical (unpaired) electrons. The highest BCUT2D eigenvalue weighted by atomic mass is 16.6. The molecule has 6 heteroatoms. The van der Waals surface area contributed by atoms with E-state index in [1.165, 1.54) is 0 Å². The summed E-state index contributed by atoms with van der Waals surface area (Å²) in [5.74, 6) is -0.200. The van der Waals surface area contributed by atoms with Gasteiger partial charge in [0.05, 0.1) is 6.04 Å². The number of likely N-dealkylation sites (N-methyl/N-ethyl adjacent to an activating group) is 1. The average molecular weight is 287 g/mol. The van der Waals surface area contributed by atoms with Crippen molar-refractivity contribution in [3.63, 3.8) is 0 Å². The number of amides is 2. The van der Waals surface area contributed by atoms with E-state index in [2.05, 4.69) is 10.5 Å². The fourth-order valence-corrected chi connectivity index (χ4v) is 2.59. The van der Waals surface area contributed by atoms with Crippen LogP contribution in [0.2, 0.25) is 0 Å². The monoisotopic (exact) mass is 287 g/mol. The molecule has 0 bridgehead atoms. The molecule has 3 rings (SSSR count). The molecular formula is C15H17N3O3. The Kier molecular flexibility index (Phi) is 3.60. The number of nitrogens with zero attached hydrogens (tertiary/aromatic N) is 2. The number of oxime groups is 1. The number of hydrogen-bond acceptors (Lipinski definition) is 4. The molecule has 2 aliphatic rings. The van der Waals surface area contributed by atoms with E-state index in [4.69, 9.17) is 4.84 Å². The van der Waals surface area contributed by atoms with Crippen LogP contribution in [0.1, 0.15) is 24.5 Å². The van der Waals surface area contributed by atoms with Gasteiger partial charge in [-0.2, -0.15) is 0 Å². The molecule has 0 spiro atoms. The molecule has 1 aromatic rings. The van der Waals surface area contributed by atoms with Gasteiger partial charge in [-0.15, -0.1) is 0 Å². The first-order valence-electron chi connectivity index (χ1n) is 6.96. The predicted molar refractivity (Wildman–Crippen MR) is 76.5 cm³/mol. The van der Waals surface area contributed by atoms with Crippen LogP contribution in [0.25, 0.3) is 0 Å². The number of likely N-dealkylation sites (tertiary alicyclic amines) is 1. The van der Waals surface area contributed by atoms with E-state index in [0.29, 0.717) is 25.1 Å². The maximum atomic E-state index is 12.1. The van der Waals surface area contributed by atoms with Crippen molar-refractivity contribution in [1.29, 1.82) is 0 Å². The molecule has 0 aromatic heterocycles. The summed E-state index contributed by atoms with van der Waals surface area (Å²) in [5.41, 5.74) is 1.38. The van der Waals surface area contributed by atoms with Crippen LogP contribution in [0.4, 0.5) is 0 Å². The topological polar surface area (TPSA) is 71.0 Å². The van der Waals surface area contributed by atoms with Gasteiger partial charge in [0, 0.05) is 26.4 Å². The molecule has 2 atom stereocenters. The lowest BCUT2D eigenvalue weighted by molar-refractivity contribution is -0.126. The van der Waals surface area contributed by atoms with Crippen LogP contribution in [0.15, 0.2) is 35.5 Å². The quantitative estimate of drug-likeness (QED) is 0.896. The molecule has 2 amide bonds. The van der Waals surface area contributed by atoms with Gasteiger partial charge in [-0.3, -0.25) is 9.59 Å². The third kappa shape index (κ3) is 2.89. The molecule has 1 aromatic carbocycles. The first-order valence-corrected chi connectivity index (χ1v) is 6.96. The Hall–Kier alpha value is -2.37. The van der Waals surface area contributed by atoms with Gasteiger partial charge in [0.25, 0.3) is 5.91 Å². The Balaban J connectivity index is 1.56. The number of rotatable bonds is 3. The summed E-state index contributed by atoms with van der Waals surface area (Å²) in [6, 6.07) is 9.54. The normalized spacial score (nSPS) is 24.7. The maximum absolute atomic E-state index is 12.1. The van der Waals surface area contributed by atoms with Gasteiger partial charge in [-0.1, -0.05) is 35.5 Å². The van der Waals surface area contributed by atoms with Crippen molar-refractivity contribution in [2.45, 2.75) is 25.0 Å². The van der Waals surface area contributed by atoms with Crippen molar-refractivity contribution in [3.8, 4) is 0 Å². The van der Waals surface area contributed by atoms with Crippen molar-refractivity contribution >= 4 is 17.5 Å².